The van der Waals surface area contributed by atoms with Crippen molar-refractivity contribution >= 4 is 18.5 Å². The molecule has 1 fully saturated rings. The predicted molar refractivity (Wildman–Crippen MR) is 58.1 cm³/mol. The molecule has 0 aromatic carbocycles. The molecule has 1 saturated carbocycles. The normalized spacial score (nSPS) is 23.6. The van der Waals surface area contributed by atoms with Crippen LogP contribution in [0.3, 0.4) is 0 Å². The molecule has 0 spiro atoms. The minimum atomic E-state index is -0.196. The average molecular weight is 201 g/mol. The fourth-order valence-electron chi connectivity index (χ4n) is 1.86. The third-order valence-electron chi connectivity index (χ3n) is 2.76. The van der Waals surface area contributed by atoms with Gasteiger partial charge in [-0.3, -0.25) is 4.79 Å². The van der Waals surface area contributed by atoms with Crippen LogP contribution in [-0.4, -0.2) is 16.7 Å². The van der Waals surface area contributed by atoms with Crippen LogP contribution in [0.4, 0.5) is 0 Å². The molecule has 2 nitrogen and oxygen atoms in total. The Hall–Kier alpha value is -0.180. The van der Waals surface area contributed by atoms with E-state index < -0.39 is 0 Å². The molecule has 1 rings (SSSR count). The number of amides is 1. The van der Waals surface area contributed by atoms with Gasteiger partial charge in [0.05, 0.1) is 5.25 Å². The largest absolute Gasteiger partial charge is 0.350 e. The first kappa shape index (κ1) is 10.9. The Labute approximate surface area is 85.9 Å². The van der Waals surface area contributed by atoms with Crippen LogP contribution >= 0.6 is 12.6 Å². The van der Waals surface area contributed by atoms with Crippen molar-refractivity contribution in [1.82, 2.24) is 5.32 Å². The first-order valence-electron chi connectivity index (χ1n) is 5.04. The number of thiol groups is 1. The molecule has 0 heterocycles. The highest BCUT2D eigenvalue weighted by Gasteiger charge is 2.28. The molecule has 76 valence electrons. The standard InChI is InChI=1S/C10H19NOS/c1-8(13)9(12)11-10(2)6-4-3-5-7-10/h8,13H,3-7H2,1-2H3,(H,11,12). The van der Waals surface area contributed by atoms with Gasteiger partial charge in [-0.15, -0.1) is 0 Å². The highest BCUT2D eigenvalue weighted by atomic mass is 32.1. The van der Waals surface area contributed by atoms with Crippen molar-refractivity contribution in [1.29, 1.82) is 0 Å². The molecule has 1 unspecified atom stereocenters. The summed E-state index contributed by atoms with van der Waals surface area (Å²) in [6.45, 7) is 3.95. The zero-order chi connectivity index (χ0) is 9.90. The summed E-state index contributed by atoms with van der Waals surface area (Å²) in [6, 6.07) is 0. The molecule has 13 heavy (non-hydrogen) atoms. The highest BCUT2D eigenvalue weighted by Crippen LogP contribution is 2.27. The highest BCUT2D eigenvalue weighted by molar-refractivity contribution is 7.81. The van der Waals surface area contributed by atoms with E-state index in [9.17, 15) is 4.79 Å². The van der Waals surface area contributed by atoms with E-state index in [4.69, 9.17) is 0 Å². The van der Waals surface area contributed by atoms with Crippen LogP contribution in [0.2, 0.25) is 0 Å². The Morgan fingerprint density at radius 2 is 1.92 bits per heavy atom. The summed E-state index contributed by atoms with van der Waals surface area (Å²) in [5, 5.41) is 2.88. The van der Waals surface area contributed by atoms with Crippen LogP contribution in [0.5, 0.6) is 0 Å². The Morgan fingerprint density at radius 1 is 1.38 bits per heavy atom. The zero-order valence-electron chi connectivity index (χ0n) is 8.47. The van der Waals surface area contributed by atoms with Crippen molar-refractivity contribution in [3.63, 3.8) is 0 Å². The van der Waals surface area contributed by atoms with Crippen LogP contribution < -0.4 is 5.32 Å². The number of carbonyl (C=O) groups is 1. The van der Waals surface area contributed by atoms with Crippen molar-refractivity contribution in [3.8, 4) is 0 Å². The number of rotatable bonds is 2. The molecule has 0 aliphatic heterocycles. The molecule has 3 heteroatoms. The second-order valence-electron chi connectivity index (χ2n) is 4.29. The van der Waals surface area contributed by atoms with Gasteiger partial charge in [0.15, 0.2) is 0 Å². The van der Waals surface area contributed by atoms with Gasteiger partial charge in [0, 0.05) is 5.54 Å². The van der Waals surface area contributed by atoms with Crippen LogP contribution in [-0.2, 0) is 4.79 Å². The van der Waals surface area contributed by atoms with Crippen molar-refractivity contribution in [2.75, 3.05) is 0 Å². The molecular weight excluding hydrogens is 182 g/mol. The van der Waals surface area contributed by atoms with Gasteiger partial charge in [-0.1, -0.05) is 19.3 Å². The molecule has 1 aliphatic rings. The van der Waals surface area contributed by atoms with Gasteiger partial charge in [0.2, 0.25) is 5.91 Å². The fraction of sp³-hybridized carbons (Fsp3) is 0.900. The Balaban J connectivity index is 2.45. The molecular formula is C10H19NOS. The lowest BCUT2D eigenvalue weighted by Gasteiger charge is -2.35. The van der Waals surface area contributed by atoms with E-state index in [1.54, 1.807) is 0 Å². The Morgan fingerprint density at radius 3 is 2.38 bits per heavy atom. The van der Waals surface area contributed by atoms with E-state index in [1.807, 2.05) is 6.92 Å². The summed E-state index contributed by atoms with van der Waals surface area (Å²) < 4.78 is 0. The molecule has 0 bridgehead atoms. The second-order valence-corrected chi connectivity index (χ2v) is 5.06. The van der Waals surface area contributed by atoms with Crippen LogP contribution in [0.15, 0.2) is 0 Å². The predicted octanol–water partition coefficient (Wildman–Crippen LogP) is 2.14. The van der Waals surface area contributed by atoms with Gasteiger partial charge in [-0.05, 0) is 26.7 Å². The van der Waals surface area contributed by atoms with E-state index in [0.29, 0.717) is 0 Å². The Bertz CT molecular complexity index is 185. The maximum Gasteiger partial charge on any atom is 0.232 e. The van der Waals surface area contributed by atoms with Gasteiger partial charge in [-0.2, -0.15) is 12.6 Å². The average Bonchev–Trinajstić information content (AvgIpc) is 2.04. The van der Waals surface area contributed by atoms with Crippen molar-refractivity contribution < 1.29 is 4.79 Å². The summed E-state index contributed by atoms with van der Waals surface area (Å²) in [4.78, 5) is 11.4. The zero-order valence-corrected chi connectivity index (χ0v) is 9.36. The Kier molecular flexibility index (Phi) is 3.65. The summed E-state index contributed by atoms with van der Waals surface area (Å²) in [5.74, 6) is 0.0627. The van der Waals surface area contributed by atoms with Crippen molar-refractivity contribution in [3.05, 3.63) is 0 Å². The molecule has 1 N–H and O–H groups in total. The van der Waals surface area contributed by atoms with E-state index in [0.717, 1.165) is 12.8 Å². The number of carbonyl (C=O) groups excluding carboxylic acids is 1. The molecule has 0 radical (unpaired) electrons. The van der Waals surface area contributed by atoms with Gasteiger partial charge in [0.1, 0.15) is 0 Å². The third kappa shape index (κ3) is 3.22. The fourth-order valence-corrected chi connectivity index (χ4v) is 1.92. The molecule has 1 atom stereocenters. The van der Waals surface area contributed by atoms with Gasteiger partial charge in [-0.25, -0.2) is 0 Å². The van der Waals surface area contributed by atoms with Crippen molar-refractivity contribution in [2.24, 2.45) is 0 Å². The first-order chi connectivity index (χ1) is 6.03. The van der Waals surface area contributed by atoms with E-state index in [2.05, 4.69) is 24.9 Å². The number of hydrogen-bond acceptors (Lipinski definition) is 2. The second kappa shape index (κ2) is 4.36. The summed E-state index contributed by atoms with van der Waals surface area (Å²) >= 11 is 4.12. The lowest BCUT2D eigenvalue weighted by Crippen LogP contribution is -2.49. The maximum absolute atomic E-state index is 11.4. The summed E-state index contributed by atoms with van der Waals surface area (Å²) in [5.41, 5.74) is 0.0341. The molecule has 0 aromatic rings. The molecule has 0 aromatic heterocycles. The van der Waals surface area contributed by atoms with Crippen LogP contribution in [0.25, 0.3) is 0 Å². The number of nitrogens with one attached hydrogen (secondary N) is 1. The SMILES string of the molecule is CC(S)C(=O)NC1(C)CCCCC1. The monoisotopic (exact) mass is 201 g/mol. The molecule has 1 aliphatic carbocycles. The van der Waals surface area contributed by atoms with Gasteiger partial charge in [0.25, 0.3) is 0 Å². The first-order valence-corrected chi connectivity index (χ1v) is 5.55. The molecule has 0 saturated heterocycles. The van der Waals surface area contributed by atoms with Crippen LogP contribution in [0.1, 0.15) is 46.0 Å². The van der Waals surface area contributed by atoms with E-state index >= 15 is 0 Å². The van der Waals surface area contributed by atoms with E-state index in [1.165, 1.54) is 19.3 Å². The summed E-state index contributed by atoms with van der Waals surface area (Å²) in [6.07, 6.45) is 6.00. The van der Waals surface area contributed by atoms with Crippen molar-refractivity contribution in [2.45, 2.75) is 56.7 Å². The van der Waals surface area contributed by atoms with E-state index in [-0.39, 0.29) is 16.7 Å². The minimum Gasteiger partial charge on any atom is -0.350 e. The third-order valence-corrected chi connectivity index (χ3v) is 3.00. The number of hydrogen-bond donors (Lipinski definition) is 2. The van der Waals surface area contributed by atoms with Gasteiger partial charge >= 0.3 is 0 Å². The summed E-state index contributed by atoms with van der Waals surface area (Å²) in [7, 11) is 0. The lowest BCUT2D eigenvalue weighted by molar-refractivity contribution is -0.122. The lowest BCUT2D eigenvalue weighted by atomic mass is 9.83. The quantitative estimate of drug-likeness (QED) is 0.659. The minimum absolute atomic E-state index is 0.0341. The van der Waals surface area contributed by atoms with Crippen LogP contribution in [0, 0.1) is 0 Å². The maximum atomic E-state index is 11.4. The van der Waals surface area contributed by atoms with Gasteiger partial charge < -0.3 is 5.32 Å². The molecule has 1 amide bonds. The topological polar surface area (TPSA) is 29.1 Å². The smallest absolute Gasteiger partial charge is 0.232 e.